The van der Waals surface area contributed by atoms with Gasteiger partial charge in [-0.2, -0.15) is 0 Å². The van der Waals surface area contributed by atoms with Gasteiger partial charge in [-0.25, -0.2) is 0 Å². The van der Waals surface area contributed by atoms with Crippen molar-refractivity contribution >= 4 is 11.9 Å². The summed E-state index contributed by atoms with van der Waals surface area (Å²) in [7, 11) is 0. The molecule has 1 heterocycles. The minimum atomic E-state index is 0.0993. The summed E-state index contributed by atoms with van der Waals surface area (Å²) in [5.41, 5.74) is 5.84. The van der Waals surface area contributed by atoms with E-state index < -0.39 is 0 Å². The molecule has 1 saturated heterocycles. The van der Waals surface area contributed by atoms with Crippen molar-refractivity contribution in [1.82, 2.24) is 15.5 Å². The Morgan fingerprint density at radius 1 is 1.50 bits per heavy atom. The van der Waals surface area contributed by atoms with Crippen LogP contribution in [-0.2, 0) is 4.79 Å². The number of piperazine rings is 1. The average Bonchev–Trinajstić information content (AvgIpc) is 2.82. The Kier molecular flexibility index (Phi) is 4.81. The Labute approximate surface area is 108 Å². The summed E-state index contributed by atoms with van der Waals surface area (Å²) in [6.45, 7) is 3.56. The fourth-order valence-corrected chi connectivity index (χ4v) is 2.52. The van der Waals surface area contributed by atoms with Gasteiger partial charge in [0, 0.05) is 25.7 Å². The van der Waals surface area contributed by atoms with Gasteiger partial charge in [0.1, 0.15) is 0 Å². The predicted octanol–water partition coefficient (Wildman–Crippen LogP) is -0.735. The van der Waals surface area contributed by atoms with E-state index in [-0.39, 0.29) is 5.91 Å². The summed E-state index contributed by atoms with van der Waals surface area (Å²) in [6, 6.07) is 0.509. The van der Waals surface area contributed by atoms with Crippen LogP contribution < -0.4 is 16.4 Å². The second-order valence-electron chi connectivity index (χ2n) is 5.02. The molecule has 1 amide bonds. The summed E-state index contributed by atoms with van der Waals surface area (Å²) in [5.74, 6) is 0.644. The lowest BCUT2D eigenvalue weighted by Gasteiger charge is -2.25. The molecule has 2 fully saturated rings. The number of nitrogens with zero attached hydrogens (tertiary/aromatic N) is 2. The molecule has 0 aromatic rings. The van der Waals surface area contributed by atoms with Crippen LogP contribution in [0, 0.1) is 0 Å². The number of amides is 1. The van der Waals surface area contributed by atoms with Crippen LogP contribution in [0.15, 0.2) is 4.99 Å². The molecule has 2 aliphatic rings. The molecule has 102 valence electrons. The SMILES string of the molecule is NC(=NCCN1CCNC(=O)C1)NC1CCCC1. The number of hydrogen-bond acceptors (Lipinski definition) is 3. The highest BCUT2D eigenvalue weighted by Gasteiger charge is 2.16. The molecule has 0 bridgehead atoms. The van der Waals surface area contributed by atoms with E-state index in [1.165, 1.54) is 25.7 Å². The van der Waals surface area contributed by atoms with Crippen LogP contribution in [0.25, 0.3) is 0 Å². The number of rotatable bonds is 4. The number of carbonyl (C=O) groups excluding carboxylic acids is 1. The van der Waals surface area contributed by atoms with Crippen LogP contribution in [0.5, 0.6) is 0 Å². The second kappa shape index (κ2) is 6.58. The monoisotopic (exact) mass is 253 g/mol. The molecule has 6 nitrogen and oxygen atoms in total. The Morgan fingerprint density at radius 2 is 2.28 bits per heavy atom. The van der Waals surface area contributed by atoms with E-state index >= 15 is 0 Å². The van der Waals surface area contributed by atoms with Gasteiger partial charge >= 0.3 is 0 Å². The number of hydrogen-bond donors (Lipinski definition) is 3. The summed E-state index contributed by atoms with van der Waals surface area (Å²) < 4.78 is 0. The van der Waals surface area contributed by atoms with Gasteiger partial charge in [-0.15, -0.1) is 0 Å². The van der Waals surface area contributed by atoms with Crippen molar-refractivity contribution in [2.75, 3.05) is 32.7 Å². The number of nitrogens with two attached hydrogens (primary N) is 1. The third-order valence-corrected chi connectivity index (χ3v) is 3.52. The summed E-state index contributed by atoms with van der Waals surface area (Å²) in [5, 5.41) is 6.06. The molecule has 0 radical (unpaired) electrons. The van der Waals surface area contributed by atoms with E-state index in [0.717, 1.165) is 19.6 Å². The van der Waals surface area contributed by atoms with Crippen molar-refractivity contribution in [2.45, 2.75) is 31.7 Å². The molecule has 6 heteroatoms. The Hall–Kier alpha value is -1.30. The zero-order valence-electron chi connectivity index (χ0n) is 10.8. The lowest BCUT2D eigenvalue weighted by Crippen LogP contribution is -2.48. The Balaban J connectivity index is 1.64. The first kappa shape index (κ1) is 13.1. The first-order valence-corrected chi connectivity index (χ1v) is 6.79. The molecule has 0 spiro atoms. The molecule has 1 aliphatic heterocycles. The van der Waals surface area contributed by atoms with Crippen molar-refractivity contribution in [3.63, 3.8) is 0 Å². The van der Waals surface area contributed by atoms with Gasteiger partial charge in [0.2, 0.25) is 5.91 Å². The molecular formula is C12H23N5O. The summed E-state index contributed by atoms with van der Waals surface area (Å²) in [4.78, 5) is 17.6. The third-order valence-electron chi connectivity index (χ3n) is 3.52. The Morgan fingerprint density at radius 3 is 3.00 bits per heavy atom. The maximum absolute atomic E-state index is 11.2. The van der Waals surface area contributed by atoms with Gasteiger partial charge in [0.15, 0.2) is 5.96 Å². The van der Waals surface area contributed by atoms with Crippen LogP contribution >= 0.6 is 0 Å². The van der Waals surface area contributed by atoms with Crippen LogP contribution in [0.1, 0.15) is 25.7 Å². The molecule has 2 rings (SSSR count). The van der Waals surface area contributed by atoms with Crippen molar-refractivity contribution in [1.29, 1.82) is 0 Å². The quantitative estimate of drug-likeness (QED) is 0.455. The maximum Gasteiger partial charge on any atom is 0.234 e. The van der Waals surface area contributed by atoms with E-state index in [2.05, 4.69) is 20.5 Å². The lowest BCUT2D eigenvalue weighted by atomic mass is 10.2. The van der Waals surface area contributed by atoms with Crippen molar-refractivity contribution in [3.8, 4) is 0 Å². The number of nitrogens with one attached hydrogen (secondary N) is 2. The molecule has 0 atom stereocenters. The minimum absolute atomic E-state index is 0.0993. The predicted molar refractivity (Wildman–Crippen MR) is 71.3 cm³/mol. The topological polar surface area (TPSA) is 82.8 Å². The van der Waals surface area contributed by atoms with Crippen LogP contribution in [-0.4, -0.2) is 55.5 Å². The van der Waals surface area contributed by atoms with Crippen molar-refractivity contribution in [3.05, 3.63) is 0 Å². The molecule has 1 saturated carbocycles. The highest BCUT2D eigenvalue weighted by molar-refractivity contribution is 5.79. The average molecular weight is 253 g/mol. The molecule has 1 aliphatic carbocycles. The highest BCUT2D eigenvalue weighted by atomic mass is 16.2. The molecule has 18 heavy (non-hydrogen) atoms. The van der Waals surface area contributed by atoms with Gasteiger partial charge in [0.05, 0.1) is 13.1 Å². The van der Waals surface area contributed by atoms with Crippen molar-refractivity contribution in [2.24, 2.45) is 10.7 Å². The summed E-state index contributed by atoms with van der Waals surface area (Å²) >= 11 is 0. The van der Waals surface area contributed by atoms with E-state index in [4.69, 9.17) is 5.73 Å². The largest absolute Gasteiger partial charge is 0.370 e. The van der Waals surface area contributed by atoms with Gasteiger partial charge in [-0.1, -0.05) is 12.8 Å². The van der Waals surface area contributed by atoms with Gasteiger partial charge in [0.25, 0.3) is 0 Å². The smallest absolute Gasteiger partial charge is 0.234 e. The molecule has 4 N–H and O–H groups in total. The van der Waals surface area contributed by atoms with Gasteiger partial charge in [-0.3, -0.25) is 14.7 Å². The summed E-state index contributed by atoms with van der Waals surface area (Å²) in [6.07, 6.45) is 4.96. The molecular weight excluding hydrogens is 230 g/mol. The van der Waals surface area contributed by atoms with E-state index in [1.54, 1.807) is 0 Å². The van der Waals surface area contributed by atoms with Gasteiger partial charge in [-0.05, 0) is 12.8 Å². The van der Waals surface area contributed by atoms with Crippen molar-refractivity contribution < 1.29 is 4.79 Å². The third kappa shape index (κ3) is 4.18. The molecule has 0 aromatic carbocycles. The fourth-order valence-electron chi connectivity index (χ4n) is 2.52. The first-order valence-electron chi connectivity index (χ1n) is 6.79. The second-order valence-corrected chi connectivity index (χ2v) is 5.02. The van der Waals surface area contributed by atoms with Crippen LogP contribution in [0.4, 0.5) is 0 Å². The standard InChI is InChI=1S/C12H23N5O/c13-12(16-10-3-1-2-4-10)15-6-8-17-7-5-14-11(18)9-17/h10H,1-9H2,(H,14,18)(H3,13,15,16). The van der Waals surface area contributed by atoms with E-state index in [0.29, 0.717) is 25.1 Å². The Bertz CT molecular complexity index is 312. The number of carbonyl (C=O) groups is 1. The zero-order chi connectivity index (χ0) is 12.8. The van der Waals surface area contributed by atoms with Crippen LogP contribution in [0.3, 0.4) is 0 Å². The fraction of sp³-hybridized carbons (Fsp3) is 0.833. The molecule has 0 unspecified atom stereocenters. The minimum Gasteiger partial charge on any atom is -0.370 e. The van der Waals surface area contributed by atoms with Gasteiger partial charge < -0.3 is 16.4 Å². The van der Waals surface area contributed by atoms with E-state index in [1.807, 2.05) is 0 Å². The molecule has 0 aromatic heterocycles. The number of guanidine groups is 1. The van der Waals surface area contributed by atoms with E-state index in [9.17, 15) is 4.79 Å². The maximum atomic E-state index is 11.2. The van der Waals surface area contributed by atoms with Crippen LogP contribution in [0.2, 0.25) is 0 Å². The first-order chi connectivity index (χ1) is 8.74. The highest BCUT2D eigenvalue weighted by Crippen LogP contribution is 2.17. The number of aliphatic imine (C=N–C) groups is 1. The normalized spacial score (nSPS) is 23.1. The zero-order valence-corrected chi connectivity index (χ0v) is 10.8. The lowest BCUT2D eigenvalue weighted by molar-refractivity contribution is -0.124.